The van der Waals surface area contributed by atoms with E-state index in [0.29, 0.717) is 21.3 Å². The smallest absolute Gasteiger partial charge is 0.389 e. The molecule has 10 nitrogen and oxygen atoms in total. The highest BCUT2D eigenvalue weighted by atomic mass is 35.5. The zero-order valence-electron chi connectivity index (χ0n) is 20.7. The van der Waals surface area contributed by atoms with Gasteiger partial charge in [-0.15, -0.1) is 10.2 Å². The first-order chi connectivity index (χ1) is 18.2. The molecule has 0 amide bonds. The number of benzene rings is 2. The largest absolute Gasteiger partial charge is 0.416 e. The summed E-state index contributed by atoms with van der Waals surface area (Å²) in [7, 11) is 0. The first-order valence-electron chi connectivity index (χ1n) is 11.6. The van der Waals surface area contributed by atoms with E-state index < -0.39 is 30.1 Å². The van der Waals surface area contributed by atoms with Gasteiger partial charge in [0.25, 0.3) is 0 Å². The van der Waals surface area contributed by atoms with Crippen molar-refractivity contribution in [2.45, 2.75) is 44.8 Å². The van der Waals surface area contributed by atoms with E-state index in [-0.39, 0.29) is 30.7 Å². The van der Waals surface area contributed by atoms with E-state index in [2.05, 4.69) is 20.5 Å². The van der Waals surface area contributed by atoms with E-state index in [1.165, 1.54) is 28.9 Å². The summed E-state index contributed by atoms with van der Waals surface area (Å²) in [4.78, 5) is 17.6. The van der Waals surface area contributed by atoms with Gasteiger partial charge in [0, 0.05) is 17.1 Å². The molecule has 4 aromatic rings. The number of hydrogen-bond acceptors (Lipinski definition) is 7. The predicted molar refractivity (Wildman–Crippen MR) is 139 cm³/mol. The van der Waals surface area contributed by atoms with Crippen LogP contribution in [0, 0.1) is 0 Å². The minimum Gasteiger partial charge on any atom is -0.389 e. The van der Waals surface area contributed by atoms with Gasteiger partial charge >= 0.3 is 11.9 Å². The van der Waals surface area contributed by atoms with Crippen LogP contribution in [-0.2, 0) is 13.1 Å². The topological polar surface area (TPSA) is 123 Å². The molecule has 1 unspecified atom stereocenters. The molecule has 0 fully saturated rings. The lowest BCUT2D eigenvalue weighted by atomic mass is 10.1. The summed E-state index contributed by atoms with van der Waals surface area (Å²) >= 11 is 12.3. The number of anilines is 1. The van der Waals surface area contributed by atoms with Crippen molar-refractivity contribution < 1.29 is 23.4 Å². The number of aliphatic hydroxyl groups is 2. The molecule has 2 heterocycles. The lowest BCUT2D eigenvalue weighted by molar-refractivity contribution is -0.207. The third kappa shape index (κ3) is 6.79. The van der Waals surface area contributed by atoms with Crippen LogP contribution in [0.15, 0.2) is 53.3 Å². The van der Waals surface area contributed by atoms with Gasteiger partial charge in [0.05, 0.1) is 22.9 Å². The molecule has 0 saturated heterocycles. The van der Waals surface area contributed by atoms with Gasteiger partial charge in [0.1, 0.15) is 6.54 Å². The molecule has 0 spiro atoms. The fraction of sp³-hybridized carbons (Fsp3) is 0.333. The number of para-hydroxylation sites is 1. The van der Waals surface area contributed by atoms with E-state index in [0.717, 1.165) is 9.25 Å². The summed E-state index contributed by atoms with van der Waals surface area (Å²) in [5, 5.41) is 32.2. The molecular weight excluding hydrogens is 562 g/mol. The van der Waals surface area contributed by atoms with Crippen molar-refractivity contribution in [3.63, 3.8) is 0 Å². The maximum Gasteiger partial charge on any atom is 0.416 e. The highest BCUT2D eigenvalue weighted by molar-refractivity contribution is 6.32. The van der Waals surface area contributed by atoms with Crippen LogP contribution in [0.3, 0.4) is 0 Å². The summed E-state index contributed by atoms with van der Waals surface area (Å²) in [6.45, 7) is 1.90. The van der Waals surface area contributed by atoms with Crippen molar-refractivity contribution in [1.29, 1.82) is 0 Å². The Bertz CT molecular complexity index is 1510. The Morgan fingerprint density at radius 2 is 1.72 bits per heavy atom. The average molecular weight is 586 g/mol. The number of rotatable bonds is 9. The lowest BCUT2D eigenvalue weighted by Crippen LogP contribution is -2.37. The van der Waals surface area contributed by atoms with Crippen LogP contribution in [0.1, 0.15) is 19.7 Å². The van der Waals surface area contributed by atoms with Crippen molar-refractivity contribution >= 4 is 29.2 Å². The third-order valence-electron chi connectivity index (χ3n) is 5.46. The molecule has 0 bridgehead atoms. The molecule has 0 aliphatic rings. The van der Waals surface area contributed by atoms with Gasteiger partial charge in [-0.25, -0.2) is 9.48 Å². The fourth-order valence-corrected chi connectivity index (χ4v) is 3.90. The van der Waals surface area contributed by atoms with Crippen molar-refractivity contribution in [2.75, 3.05) is 11.9 Å². The van der Waals surface area contributed by atoms with Gasteiger partial charge in [0.15, 0.2) is 17.8 Å². The molecule has 2 aromatic carbocycles. The number of halogens is 5. The van der Waals surface area contributed by atoms with Gasteiger partial charge in [0.2, 0.25) is 5.95 Å². The Balaban J connectivity index is 1.76. The molecule has 1 atom stereocenters. The van der Waals surface area contributed by atoms with Crippen LogP contribution < -0.4 is 11.0 Å². The van der Waals surface area contributed by atoms with Crippen LogP contribution in [0.4, 0.5) is 19.1 Å². The summed E-state index contributed by atoms with van der Waals surface area (Å²) in [5.74, 6) is 0.183. The van der Waals surface area contributed by atoms with Crippen molar-refractivity contribution in [1.82, 2.24) is 29.1 Å². The molecule has 0 radical (unpaired) electrons. The van der Waals surface area contributed by atoms with E-state index in [4.69, 9.17) is 23.2 Å². The number of nitrogens with one attached hydrogen (secondary N) is 1. The highest BCUT2D eigenvalue weighted by Gasteiger charge is 2.39. The van der Waals surface area contributed by atoms with Crippen molar-refractivity contribution in [3.8, 4) is 17.1 Å². The van der Waals surface area contributed by atoms with Gasteiger partial charge < -0.3 is 15.5 Å². The third-order valence-corrected chi connectivity index (χ3v) is 6.03. The number of nitrogens with zero attached hydrogens (tertiary/aromatic N) is 6. The molecule has 39 heavy (non-hydrogen) atoms. The second-order valence-electron chi connectivity index (χ2n) is 9.32. The Morgan fingerprint density at radius 3 is 2.33 bits per heavy atom. The molecule has 208 valence electrons. The quantitative estimate of drug-likeness (QED) is 0.273. The second kappa shape index (κ2) is 11.0. The van der Waals surface area contributed by atoms with Crippen LogP contribution in [-0.4, -0.2) is 63.8 Å². The van der Waals surface area contributed by atoms with Crippen molar-refractivity contribution in [3.05, 3.63) is 74.9 Å². The lowest BCUT2D eigenvalue weighted by Gasteiger charge is -2.18. The Kier molecular flexibility index (Phi) is 8.07. The normalized spacial score (nSPS) is 13.1. The Hall–Kier alpha value is -3.39. The van der Waals surface area contributed by atoms with E-state index >= 15 is 0 Å². The second-order valence-corrected chi connectivity index (χ2v) is 10.2. The zero-order chi connectivity index (χ0) is 28.5. The standard InChI is InChI=1S/C24H24Cl2F3N7O3/c1-23(2,39)13-30-21-31-19(32-36(21)17-6-4-3-5-16(17)26)12-35-22(38)34(11-18(37)24(27,28)29)20(33-35)14-7-9-15(25)10-8-14/h3-10,18,37,39H,11-13H2,1-2H3,(H,30,31,32). The number of aliphatic hydroxyl groups excluding tert-OH is 1. The Labute approximate surface area is 230 Å². The SMILES string of the molecule is CC(C)(O)CNc1nc(Cn2nc(-c3ccc(Cl)cc3)n(CC(O)C(F)(F)F)c2=O)nn1-c1ccccc1Cl. The van der Waals surface area contributed by atoms with Gasteiger partial charge in [-0.3, -0.25) is 4.57 Å². The molecule has 2 aromatic heterocycles. The molecule has 0 aliphatic heterocycles. The van der Waals surface area contributed by atoms with E-state index in [1.54, 1.807) is 38.1 Å². The molecule has 3 N–H and O–H groups in total. The molecular formula is C24H24Cl2F3N7O3. The first kappa shape index (κ1) is 28.6. The first-order valence-corrected chi connectivity index (χ1v) is 12.3. The minimum absolute atomic E-state index is 0.0824. The van der Waals surface area contributed by atoms with Crippen LogP contribution in [0.25, 0.3) is 17.1 Å². The van der Waals surface area contributed by atoms with E-state index in [9.17, 15) is 28.2 Å². The van der Waals surface area contributed by atoms with Gasteiger partial charge in [-0.2, -0.15) is 22.8 Å². The maximum atomic E-state index is 13.2. The monoisotopic (exact) mass is 585 g/mol. The van der Waals surface area contributed by atoms with Gasteiger partial charge in [-0.05, 0) is 50.2 Å². The fourth-order valence-electron chi connectivity index (χ4n) is 3.55. The zero-order valence-corrected chi connectivity index (χ0v) is 22.2. The molecule has 15 heteroatoms. The predicted octanol–water partition coefficient (Wildman–Crippen LogP) is 3.75. The van der Waals surface area contributed by atoms with Crippen LogP contribution in [0.2, 0.25) is 10.0 Å². The van der Waals surface area contributed by atoms with Gasteiger partial charge in [-0.1, -0.05) is 35.3 Å². The summed E-state index contributed by atoms with van der Waals surface area (Å²) in [6, 6.07) is 12.8. The number of alkyl halides is 3. The van der Waals surface area contributed by atoms with Crippen molar-refractivity contribution in [2.24, 2.45) is 0 Å². The molecule has 0 saturated carbocycles. The molecule has 0 aliphatic carbocycles. The average Bonchev–Trinajstić information content (AvgIpc) is 3.39. The Morgan fingerprint density at radius 1 is 1.05 bits per heavy atom. The van der Waals surface area contributed by atoms with E-state index in [1.807, 2.05) is 0 Å². The summed E-state index contributed by atoms with van der Waals surface area (Å²) < 4.78 is 42.4. The summed E-state index contributed by atoms with van der Waals surface area (Å²) in [5.41, 5.74) is -1.24. The van der Waals surface area contributed by atoms with Crippen LogP contribution in [0.5, 0.6) is 0 Å². The minimum atomic E-state index is -4.95. The number of aromatic nitrogens is 6. The summed E-state index contributed by atoms with van der Waals surface area (Å²) in [6.07, 6.45) is -7.75. The number of hydrogen-bond donors (Lipinski definition) is 3. The highest BCUT2D eigenvalue weighted by Crippen LogP contribution is 2.25. The maximum absolute atomic E-state index is 13.2. The van der Waals surface area contributed by atoms with Crippen LogP contribution >= 0.6 is 23.2 Å². The molecule has 4 rings (SSSR count).